The van der Waals surface area contributed by atoms with Crippen LogP contribution in [0, 0.1) is 0 Å². The maximum Gasteiger partial charge on any atom is 0.239 e. The summed E-state index contributed by atoms with van der Waals surface area (Å²) in [7, 11) is 0. The summed E-state index contributed by atoms with van der Waals surface area (Å²) in [5, 5.41) is 27.2. The molecule has 1 saturated heterocycles. The van der Waals surface area contributed by atoms with Crippen molar-refractivity contribution >= 4 is 22.8 Å². The molecule has 9 nitrogen and oxygen atoms in total. The lowest BCUT2D eigenvalue weighted by molar-refractivity contribution is -0.119. The van der Waals surface area contributed by atoms with Gasteiger partial charge in [0, 0.05) is 18.3 Å². The molecule has 3 aromatic rings. The van der Waals surface area contributed by atoms with Gasteiger partial charge in [0.2, 0.25) is 5.91 Å². The quantitative estimate of drug-likeness (QED) is 0.482. The van der Waals surface area contributed by atoms with Crippen LogP contribution in [0.4, 0.5) is 5.82 Å². The first-order chi connectivity index (χ1) is 14.5. The maximum absolute atomic E-state index is 11.9. The van der Waals surface area contributed by atoms with Crippen molar-refractivity contribution in [3.05, 3.63) is 42.9 Å². The van der Waals surface area contributed by atoms with Crippen LogP contribution in [0.15, 0.2) is 42.9 Å². The first-order valence-corrected chi connectivity index (χ1v) is 9.94. The number of anilines is 1. The van der Waals surface area contributed by atoms with E-state index in [4.69, 9.17) is 4.74 Å². The van der Waals surface area contributed by atoms with Gasteiger partial charge in [-0.1, -0.05) is 30.3 Å². The number of ether oxygens (including phenoxy) is 1. The lowest BCUT2D eigenvalue weighted by atomic mass is 10.1. The van der Waals surface area contributed by atoms with Gasteiger partial charge in [0.25, 0.3) is 0 Å². The van der Waals surface area contributed by atoms with Crippen LogP contribution in [0.1, 0.15) is 20.1 Å². The van der Waals surface area contributed by atoms with Crippen LogP contribution in [0.3, 0.4) is 0 Å². The zero-order valence-corrected chi connectivity index (χ0v) is 16.8. The molecule has 4 N–H and O–H groups in total. The molecule has 1 fully saturated rings. The smallest absolute Gasteiger partial charge is 0.239 e. The predicted molar refractivity (Wildman–Crippen MR) is 112 cm³/mol. The number of likely N-dealkylation sites (N-methyl/N-ethyl adjacent to an activating group) is 1. The molecule has 4 rings (SSSR count). The number of aromatic nitrogens is 3. The minimum absolute atomic E-state index is 0.0671. The number of rotatable bonds is 6. The number of carbonyl (C=O) groups excluding carboxylic acids is 1. The average Bonchev–Trinajstić information content (AvgIpc) is 3.26. The number of benzene rings is 1. The average molecular weight is 411 g/mol. The highest BCUT2D eigenvalue weighted by Crippen LogP contribution is 2.38. The molecule has 1 aliphatic rings. The summed E-state index contributed by atoms with van der Waals surface area (Å²) in [6.45, 7) is 4.18. The summed E-state index contributed by atoms with van der Waals surface area (Å²) >= 11 is 0. The fourth-order valence-electron chi connectivity index (χ4n) is 3.73. The Balaban J connectivity index is 1.83. The molecule has 2 aromatic heterocycles. The van der Waals surface area contributed by atoms with Crippen molar-refractivity contribution < 1.29 is 19.7 Å². The molecule has 1 aromatic carbocycles. The van der Waals surface area contributed by atoms with E-state index in [2.05, 4.69) is 20.6 Å². The molecule has 30 heavy (non-hydrogen) atoms. The molecule has 1 aliphatic heterocycles. The van der Waals surface area contributed by atoms with Gasteiger partial charge in [0.1, 0.15) is 30.0 Å². The molecule has 0 saturated carbocycles. The van der Waals surface area contributed by atoms with Gasteiger partial charge in [-0.25, -0.2) is 9.97 Å². The summed E-state index contributed by atoms with van der Waals surface area (Å²) in [5.74, 6) is 0.362. The monoisotopic (exact) mass is 411 g/mol. The third-order valence-corrected chi connectivity index (χ3v) is 5.24. The second-order valence-electron chi connectivity index (χ2n) is 7.26. The van der Waals surface area contributed by atoms with Gasteiger partial charge in [-0.05, 0) is 19.4 Å². The molecule has 9 heteroatoms. The number of aliphatic hydroxyl groups is 2. The lowest BCUT2D eigenvalue weighted by Crippen LogP contribution is -2.30. The fourth-order valence-corrected chi connectivity index (χ4v) is 3.73. The molecule has 0 spiro atoms. The molecule has 4 atom stereocenters. The molecule has 0 aliphatic carbocycles. The number of fused-ring (bicyclic) bond motifs is 1. The molecule has 0 unspecified atom stereocenters. The number of hydrogen-bond donors (Lipinski definition) is 4. The molecule has 3 heterocycles. The van der Waals surface area contributed by atoms with Crippen molar-refractivity contribution in [2.24, 2.45) is 0 Å². The van der Waals surface area contributed by atoms with Crippen LogP contribution in [-0.2, 0) is 9.53 Å². The second-order valence-corrected chi connectivity index (χ2v) is 7.26. The number of nitrogens with zero attached hydrogens (tertiary/aromatic N) is 3. The Bertz CT molecular complexity index is 1040. The van der Waals surface area contributed by atoms with Gasteiger partial charge >= 0.3 is 0 Å². The lowest BCUT2D eigenvalue weighted by Gasteiger charge is -2.17. The van der Waals surface area contributed by atoms with Gasteiger partial charge in [0.15, 0.2) is 6.23 Å². The highest BCUT2D eigenvalue weighted by Gasteiger charge is 2.42. The van der Waals surface area contributed by atoms with Crippen LogP contribution in [-0.4, -0.2) is 62.1 Å². The van der Waals surface area contributed by atoms with Gasteiger partial charge in [0.05, 0.1) is 18.0 Å². The van der Waals surface area contributed by atoms with E-state index in [0.717, 1.165) is 11.1 Å². The van der Waals surface area contributed by atoms with Crippen molar-refractivity contribution in [1.82, 2.24) is 19.9 Å². The minimum Gasteiger partial charge on any atom is -0.388 e. The Morgan fingerprint density at radius 1 is 1.20 bits per heavy atom. The van der Waals surface area contributed by atoms with Crippen LogP contribution in [0.5, 0.6) is 0 Å². The first kappa shape index (κ1) is 20.3. The zero-order valence-electron chi connectivity index (χ0n) is 16.8. The van der Waals surface area contributed by atoms with E-state index in [9.17, 15) is 15.0 Å². The topological polar surface area (TPSA) is 122 Å². The van der Waals surface area contributed by atoms with Crippen molar-refractivity contribution in [1.29, 1.82) is 0 Å². The molecule has 158 valence electrons. The zero-order chi connectivity index (χ0) is 21.3. The number of nitrogens with one attached hydrogen (secondary N) is 2. The molecule has 0 bridgehead atoms. The van der Waals surface area contributed by atoms with Gasteiger partial charge in [-0.15, -0.1) is 0 Å². The Hall–Kier alpha value is -3.01. The highest BCUT2D eigenvalue weighted by molar-refractivity contribution is 6.02. The summed E-state index contributed by atoms with van der Waals surface area (Å²) in [5.41, 5.74) is 2.29. The second kappa shape index (κ2) is 8.39. The van der Waals surface area contributed by atoms with Gasteiger partial charge in [-0.2, -0.15) is 0 Å². The molecule has 0 radical (unpaired) electrons. The first-order valence-electron chi connectivity index (χ1n) is 9.94. The van der Waals surface area contributed by atoms with Crippen LogP contribution >= 0.6 is 0 Å². The Morgan fingerprint density at radius 2 is 1.97 bits per heavy atom. The highest BCUT2D eigenvalue weighted by atomic mass is 16.6. The van der Waals surface area contributed by atoms with E-state index in [1.54, 1.807) is 11.5 Å². The van der Waals surface area contributed by atoms with E-state index in [-0.39, 0.29) is 12.5 Å². The molecule has 1 amide bonds. The predicted octanol–water partition coefficient (Wildman–Crippen LogP) is 1.29. The van der Waals surface area contributed by atoms with Crippen LogP contribution in [0.25, 0.3) is 22.2 Å². The Morgan fingerprint density at radius 3 is 2.63 bits per heavy atom. The van der Waals surface area contributed by atoms with E-state index >= 15 is 0 Å². The standard InChI is InChI=1S/C21H25N5O4/c1-3-22-15(27)9-23-19-16-14(13-7-5-4-6-8-13)10-26(20(16)25-11-24-19)21-18(29)17(28)12(2)30-21/h4-8,10-12,17-18,21,28-29H,3,9H2,1-2H3,(H,22,27)(H,23,24,25)/t12-,17-,18-,21-/m1/s1. The van der Waals surface area contributed by atoms with E-state index in [0.29, 0.717) is 23.4 Å². The third-order valence-electron chi connectivity index (χ3n) is 5.24. The Kier molecular flexibility index (Phi) is 5.67. The maximum atomic E-state index is 11.9. The van der Waals surface area contributed by atoms with E-state index in [1.165, 1.54) is 6.33 Å². The van der Waals surface area contributed by atoms with Crippen LogP contribution in [0.2, 0.25) is 0 Å². The van der Waals surface area contributed by atoms with Crippen molar-refractivity contribution in [3.8, 4) is 11.1 Å². The molecular formula is C21H25N5O4. The summed E-state index contributed by atoms with van der Waals surface area (Å²) in [6.07, 6.45) is -0.161. The van der Waals surface area contributed by atoms with Crippen molar-refractivity contribution in [2.75, 3.05) is 18.4 Å². The summed E-state index contributed by atoms with van der Waals surface area (Å²) < 4.78 is 7.53. The number of aliphatic hydroxyl groups excluding tert-OH is 2. The van der Waals surface area contributed by atoms with E-state index in [1.807, 2.05) is 43.5 Å². The van der Waals surface area contributed by atoms with E-state index < -0.39 is 24.5 Å². The van der Waals surface area contributed by atoms with Crippen molar-refractivity contribution in [3.63, 3.8) is 0 Å². The third kappa shape index (κ3) is 3.62. The SMILES string of the molecule is CCNC(=O)CNc1ncnc2c1c(-c1ccccc1)cn2[C@@H]1O[C@H](C)[C@@H](O)[C@H]1O. The summed E-state index contributed by atoms with van der Waals surface area (Å²) in [4.78, 5) is 20.7. The van der Waals surface area contributed by atoms with Crippen molar-refractivity contribution in [2.45, 2.75) is 38.4 Å². The largest absolute Gasteiger partial charge is 0.388 e. The number of hydrogen-bond acceptors (Lipinski definition) is 7. The Labute approximate surface area is 173 Å². The summed E-state index contributed by atoms with van der Waals surface area (Å²) in [6, 6.07) is 9.70. The number of carbonyl (C=O) groups is 1. The normalized spacial score (nSPS) is 23.6. The van der Waals surface area contributed by atoms with Gasteiger partial charge in [-0.3, -0.25) is 4.79 Å². The number of amides is 1. The minimum atomic E-state index is -1.10. The molecular weight excluding hydrogens is 386 g/mol. The van der Waals surface area contributed by atoms with Gasteiger partial charge < -0.3 is 30.2 Å². The fraction of sp³-hybridized carbons (Fsp3) is 0.381. The van der Waals surface area contributed by atoms with Crippen LogP contribution < -0.4 is 10.6 Å².